The highest BCUT2D eigenvalue weighted by Crippen LogP contribution is 2.42. The van der Waals surface area contributed by atoms with Crippen LogP contribution in [0.4, 0.5) is 0 Å². The zero-order chi connectivity index (χ0) is 17.1. The van der Waals surface area contributed by atoms with Crippen molar-refractivity contribution in [3.8, 4) is 0 Å². The third-order valence-corrected chi connectivity index (χ3v) is 4.55. The lowest BCUT2D eigenvalue weighted by Gasteiger charge is -2.26. The molecule has 0 aromatic heterocycles. The SMILES string of the molecule is CC(C)C1=CC(C)c2cccc3cc(C(C)C)cc1c23.N=C=N. The van der Waals surface area contributed by atoms with Crippen molar-refractivity contribution in [3.63, 3.8) is 0 Å². The number of benzene rings is 2. The summed E-state index contributed by atoms with van der Waals surface area (Å²) in [6.45, 7) is 11.5. The maximum Gasteiger partial charge on any atom is 0.0831 e. The molecule has 23 heavy (non-hydrogen) atoms. The van der Waals surface area contributed by atoms with Gasteiger partial charge in [-0.3, -0.25) is 0 Å². The fourth-order valence-corrected chi connectivity index (χ4v) is 3.37. The van der Waals surface area contributed by atoms with Gasteiger partial charge < -0.3 is 0 Å². The largest absolute Gasteiger partial charge is 0.242 e. The lowest BCUT2D eigenvalue weighted by molar-refractivity contribution is 0.831. The minimum absolute atomic E-state index is 0.522. The maximum absolute atomic E-state index is 5.62. The summed E-state index contributed by atoms with van der Waals surface area (Å²) in [5.74, 6) is 1.68. The van der Waals surface area contributed by atoms with E-state index in [0.717, 1.165) is 0 Å². The van der Waals surface area contributed by atoms with Gasteiger partial charge in [0.15, 0.2) is 0 Å². The average Bonchev–Trinajstić information content (AvgIpc) is 2.50. The Morgan fingerprint density at radius 1 is 1.00 bits per heavy atom. The summed E-state index contributed by atoms with van der Waals surface area (Å²) >= 11 is 0. The third kappa shape index (κ3) is 3.28. The van der Waals surface area contributed by atoms with Gasteiger partial charge in [-0.15, -0.1) is 0 Å². The molecule has 0 aliphatic heterocycles. The van der Waals surface area contributed by atoms with Crippen LogP contribution in [0.25, 0.3) is 16.3 Å². The zero-order valence-electron chi connectivity index (χ0n) is 14.7. The summed E-state index contributed by atoms with van der Waals surface area (Å²) in [5, 5.41) is 14.1. The first kappa shape index (κ1) is 17.2. The molecule has 0 saturated carbocycles. The topological polar surface area (TPSA) is 47.7 Å². The minimum Gasteiger partial charge on any atom is -0.242 e. The summed E-state index contributed by atoms with van der Waals surface area (Å²) in [7, 11) is 0. The molecule has 3 rings (SSSR count). The van der Waals surface area contributed by atoms with E-state index in [1.165, 1.54) is 39.0 Å². The Balaban J connectivity index is 0.000000595. The molecule has 0 amide bonds. The van der Waals surface area contributed by atoms with E-state index in [-0.39, 0.29) is 0 Å². The molecule has 0 fully saturated rings. The second kappa shape index (κ2) is 6.93. The third-order valence-electron chi connectivity index (χ3n) is 4.55. The van der Waals surface area contributed by atoms with Crippen LogP contribution in [0, 0.1) is 16.7 Å². The quantitative estimate of drug-likeness (QED) is 0.600. The van der Waals surface area contributed by atoms with Crippen LogP contribution in [-0.2, 0) is 0 Å². The van der Waals surface area contributed by atoms with Crippen LogP contribution in [0.3, 0.4) is 0 Å². The number of hydrogen-bond donors (Lipinski definition) is 2. The lowest BCUT2D eigenvalue weighted by atomic mass is 9.78. The van der Waals surface area contributed by atoms with Crippen molar-refractivity contribution < 1.29 is 0 Å². The molecular weight excluding hydrogens is 280 g/mol. The highest BCUT2D eigenvalue weighted by Gasteiger charge is 2.22. The Kier molecular flexibility index (Phi) is 5.18. The minimum atomic E-state index is 0.522. The molecule has 2 aromatic rings. The van der Waals surface area contributed by atoms with Gasteiger partial charge in [0.05, 0.1) is 6.01 Å². The van der Waals surface area contributed by atoms with Crippen molar-refractivity contribution >= 4 is 22.4 Å². The van der Waals surface area contributed by atoms with Crippen molar-refractivity contribution in [3.05, 3.63) is 53.1 Å². The molecular formula is C21H26N2. The molecule has 2 N–H and O–H groups in total. The Bertz CT molecular complexity index is 776. The number of allylic oxidation sites excluding steroid dienone is 2. The molecule has 0 radical (unpaired) electrons. The van der Waals surface area contributed by atoms with Gasteiger partial charge >= 0.3 is 0 Å². The maximum atomic E-state index is 5.62. The van der Waals surface area contributed by atoms with Gasteiger partial charge in [0.1, 0.15) is 0 Å². The molecule has 1 aliphatic carbocycles. The summed E-state index contributed by atoms with van der Waals surface area (Å²) in [6.07, 6.45) is 2.46. The molecule has 2 heteroatoms. The number of rotatable bonds is 2. The lowest BCUT2D eigenvalue weighted by Crippen LogP contribution is -2.07. The molecule has 0 heterocycles. The van der Waals surface area contributed by atoms with Crippen LogP contribution in [0.5, 0.6) is 0 Å². The fraction of sp³-hybridized carbons (Fsp3) is 0.381. The fourth-order valence-electron chi connectivity index (χ4n) is 3.37. The first-order valence-electron chi connectivity index (χ1n) is 8.27. The average molecular weight is 306 g/mol. The molecule has 120 valence electrons. The van der Waals surface area contributed by atoms with Crippen molar-refractivity contribution in [2.45, 2.75) is 46.5 Å². The van der Waals surface area contributed by atoms with Gasteiger partial charge in [-0.05, 0) is 44.9 Å². The molecule has 1 atom stereocenters. The summed E-state index contributed by atoms with van der Waals surface area (Å²) in [4.78, 5) is 0. The number of hydrogen-bond acceptors (Lipinski definition) is 2. The highest BCUT2D eigenvalue weighted by molar-refractivity contribution is 5.99. The predicted octanol–water partition coefficient (Wildman–Crippen LogP) is 6.44. The Morgan fingerprint density at radius 3 is 2.22 bits per heavy atom. The molecule has 1 aliphatic rings. The highest BCUT2D eigenvalue weighted by atomic mass is 14.4. The standard InChI is InChI=1S/C20H24.CH2N2/c1-12(2)16-10-15-7-6-8-17-14(5)9-18(13(3)4)19(11-16)20(15)17;2-1-3/h6-14H,1-5H3;2-3H. The van der Waals surface area contributed by atoms with Crippen LogP contribution >= 0.6 is 0 Å². The van der Waals surface area contributed by atoms with Crippen molar-refractivity contribution in [1.82, 2.24) is 0 Å². The van der Waals surface area contributed by atoms with Gasteiger partial charge in [-0.1, -0.05) is 71.0 Å². The van der Waals surface area contributed by atoms with E-state index in [2.05, 4.69) is 71.0 Å². The molecule has 0 spiro atoms. The van der Waals surface area contributed by atoms with Gasteiger partial charge in [0.2, 0.25) is 0 Å². The predicted molar refractivity (Wildman–Crippen MR) is 99.7 cm³/mol. The van der Waals surface area contributed by atoms with E-state index >= 15 is 0 Å². The van der Waals surface area contributed by atoms with Crippen molar-refractivity contribution in [2.75, 3.05) is 0 Å². The van der Waals surface area contributed by atoms with Gasteiger partial charge in [0, 0.05) is 5.92 Å². The zero-order valence-corrected chi connectivity index (χ0v) is 14.7. The Morgan fingerprint density at radius 2 is 1.65 bits per heavy atom. The van der Waals surface area contributed by atoms with Gasteiger partial charge in [0.25, 0.3) is 0 Å². The van der Waals surface area contributed by atoms with Crippen LogP contribution in [0.15, 0.2) is 36.4 Å². The van der Waals surface area contributed by atoms with Crippen LogP contribution < -0.4 is 0 Å². The van der Waals surface area contributed by atoms with E-state index < -0.39 is 0 Å². The van der Waals surface area contributed by atoms with Crippen molar-refractivity contribution in [2.24, 2.45) is 5.92 Å². The summed E-state index contributed by atoms with van der Waals surface area (Å²) in [6, 6.07) is 12.8. The van der Waals surface area contributed by atoms with Crippen molar-refractivity contribution in [1.29, 1.82) is 10.8 Å². The normalized spacial score (nSPS) is 16.0. The van der Waals surface area contributed by atoms with Crippen LogP contribution in [0.1, 0.15) is 63.1 Å². The van der Waals surface area contributed by atoms with E-state index in [4.69, 9.17) is 10.8 Å². The van der Waals surface area contributed by atoms with E-state index in [1.54, 1.807) is 0 Å². The second-order valence-electron chi connectivity index (χ2n) is 6.86. The van der Waals surface area contributed by atoms with Crippen LogP contribution in [-0.4, -0.2) is 6.01 Å². The van der Waals surface area contributed by atoms with Crippen LogP contribution in [0.2, 0.25) is 0 Å². The molecule has 0 bridgehead atoms. The smallest absolute Gasteiger partial charge is 0.0831 e. The second-order valence-corrected chi connectivity index (χ2v) is 6.86. The molecule has 1 unspecified atom stereocenters. The van der Waals surface area contributed by atoms with E-state index in [1.807, 2.05) is 0 Å². The molecule has 0 saturated heterocycles. The van der Waals surface area contributed by atoms with E-state index in [0.29, 0.717) is 17.8 Å². The molecule has 2 aromatic carbocycles. The first-order chi connectivity index (χ1) is 10.9. The molecule has 2 nitrogen and oxygen atoms in total. The Hall–Kier alpha value is -2.18. The monoisotopic (exact) mass is 306 g/mol. The van der Waals surface area contributed by atoms with Gasteiger partial charge in [-0.25, -0.2) is 10.8 Å². The number of nitrogens with one attached hydrogen (secondary N) is 2. The summed E-state index contributed by atoms with van der Waals surface area (Å²) in [5.41, 5.74) is 5.92. The summed E-state index contributed by atoms with van der Waals surface area (Å²) < 4.78 is 0. The first-order valence-corrected chi connectivity index (χ1v) is 8.27. The Labute approximate surface area is 139 Å². The van der Waals surface area contributed by atoms with E-state index in [9.17, 15) is 0 Å². The van der Waals surface area contributed by atoms with Gasteiger partial charge in [-0.2, -0.15) is 0 Å².